The number of aldehydes is 1. The summed E-state index contributed by atoms with van der Waals surface area (Å²) in [4.78, 5) is 17.0. The van der Waals surface area contributed by atoms with Crippen molar-refractivity contribution in [3.63, 3.8) is 0 Å². The van der Waals surface area contributed by atoms with Crippen LogP contribution in [0.4, 0.5) is 5.82 Å². The Kier molecular flexibility index (Phi) is 3.25. The minimum Gasteiger partial charge on any atom is -0.381 e. The summed E-state index contributed by atoms with van der Waals surface area (Å²) in [5.41, 5.74) is 1.77. The van der Waals surface area contributed by atoms with Crippen LogP contribution in [0.3, 0.4) is 0 Å². The third-order valence-electron chi connectivity index (χ3n) is 3.93. The number of anilines is 1. The second kappa shape index (κ2) is 5.05. The number of rotatable bonds is 3. The van der Waals surface area contributed by atoms with Crippen molar-refractivity contribution in [3.8, 4) is 0 Å². The second-order valence-electron chi connectivity index (χ2n) is 5.01. The number of benzene rings is 1. The number of para-hydroxylation sites is 1. The Balaban J connectivity index is 2.01. The highest BCUT2D eigenvalue weighted by atomic mass is 16.5. The van der Waals surface area contributed by atoms with Gasteiger partial charge in [0.25, 0.3) is 0 Å². The molecule has 0 aliphatic carbocycles. The third kappa shape index (κ3) is 2.12. The summed E-state index contributed by atoms with van der Waals surface area (Å²) >= 11 is 0. The van der Waals surface area contributed by atoms with E-state index < -0.39 is 0 Å². The molecule has 1 aromatic carbocycles. The largest absolute Gasteiger partial charge is 0.381 e. The van der Waals surface area contributed by atoms with Crippen LogP contribution < -0.4 is 4.90 Å². The standard InChI is InChI=1S/C15H18N2O2/c1-17(11-6-8-19-9-7-11)15-13(10-18)12-4-2-3-5-14(12)16-15/h2-5,10-11,16H,6-9H2,1H3. The Bertz CT molecular complexity index is 585. The molecule has 1 saturated heterocycles. The summed E-state index contributed by atoms with van der Waals surface area (Å²) in [6.07, 6.45) is 2.96. The molecule has 0 spiro atoms. The van der Waals surface area contributed by atoms with Gasteiger partial charge in [0, 0.05) is 37.2 Å². The van der Waals surface area contributed by atoms with E-state index in [1.54, 1.807) is 0 Å². The number of hydrogen-bond acceptors (Lipinski definition) is 3. The second-order valence-corrected chi connectivity index (χ2v) is 5.01. The highest BCUT2D eigenvalue weighted by Gasteiger charge is 2.22. The molecular formula is C15H18N2O2. The predicted molar refractivity (Wildman–Crippen MR) is 75.9 cm³/mol. The lowest BCUT2D eigenvalue weighted by Gasteiger charge is -2.32. The van der Waals surface area contributed by atoms with Crippen molar-refractivity contribution < 1.29 is 9.53 Å². The lowest BCUT2D eigenvalue weighted by molar-refractivity contribution is 0.0853. The first-order chi connectivity index (χ1) is 9.31. The van der Waals surface area contributed by atoms with Crippen LogP contribution in [0.25, 0.3) is 10.9 Å². The van der Waals surface area contributed by atoms with E-state index >= 15 is 0 Å². The van der Waals surface area contributed by atoms with Gasteiger partial charge in [0.1, 0.15) is 5.82 Å². The van der Waals surface area contributed by atoms with Crippen molar-refractivity contribution in [1.82, 2.24) is 4.98 Å². The maximum Gasteiger partial charge on any atom is 0.154 e. The first-order valence-electron chi connectivity index (χ1n) is 6.67. The molecule has 1 aliphatic heterocycles. The maximum atomic E-state index is 11.4. The van der Waals surface area contributed by atoms with Gasteiger partial charge < -0.3 is 14.6 Å². The van der Waals surface area contributed by atoms with E-state index in [4.69, 9.17) is 4.74 Å². The van der Waals surface area contributed by atoms with Gasteiger partial charge in [0.05, 0.1) is 5.56 Å². The molecule has 3 rings (SSSR count). The summed E-state index contributed by atoms with van der Waals surface area (Å²) in [6, 6.07) is 8.36. The molecule has 1 aliphatic rings. The van der Waals surface area contributed by atoms with Gasteiger partial charge in [-0.05, 0) is 18.9 Å². The first-order valence-corrected chi connectivity index (χ1v) is 6.67. The van der Waals surface area contributed by atoms with Crippen molar-refractivity contribution in [1.29, 1.82) is 0 Å². The lowest BCUT2D eigenvalue weighted by Crippen LogP contribution is -2.37. The quantitative estimate of drug-likeness (QED) is 0.861. The van der Waals surface area contributed by atoms with E-state index in [1.165, 1.54) is 0 Å². The molecule has 100 valence electrons. The number of hydrogen-bond donors (Lipinski definition) is 1. The van der Waals surface area contributed by atoms with Crippen LogP contribution in [-0.2, 0) is 4.74 Å². The van der Waals surface area contributed by atoms with Crippen molar-refractivity contribution >= 4 is 23.0 Å². The van der Waals surface area contributed by atoms with E-state index in [9.17, 15) is 4.79 Å². The molecule has 1 aromatic heterocycles. The summed E-state index contributed by atoms with van der Waals surface area (Å²) in [5.74, 6) is 0.920. The van der Waals surface area contributed by atoms with Gasteiger partial charge in [-0.1, -0.05) is 18.2 Å². The highest BCUT2D eigenvalue weighted by Crippen LogP contribution is 2.29. The fourth-order valence-corrected chi connectivity index (χ4v) is 2.80. The van der Waals surface area contributed by atoms with E-state index in [-0.39, 0.29) is 0 Å². The molecule has 0 radical (unpaired) electrons. The van der Waals surface area contributed by atoms with Crippen LogP contribution in [-0.4, -0.2) is 37.6 Å². The van der Waals surface area contributed by atoms with E-state index in [1.807, 2.05) is 31.3 Å². The number of fused-ring (bicyclic) bond motifs is 1. The topological polar surface area (TPSA) is 45.3 Å². The monoisotopic (exact) mass is 258 g/mol. The average molecular weight is 258 g/mol. The molecule has 0 amide bonds. The predicted octanol–water partition coefficient (Wildman–Crippen LogP) is 2.60. The Morgan fingerprint density at radius 2 is 2.05 bits per heavy atom. The van der Waals surface area contributed by atoms with Crippen LogP contribution in [0.15, 0.2) is 24.3 Å². The van der Waals surface area contributed by atoms with Gasteiger partial charge in [-0.25, -0.2) is 0 Å². The van der Waals surface area contributed by atoms with Gasteiger partial charge in [0.2, 0.25) is 0 Å². The summed E-state index contributed by atoms with van der Waals surface area (Å²) in [7, 11) is 2.05. The summed E-state index contributed by atoms with van der Waals surface area (Å²) < 4.78 is 5.39. The Hall–Kier alpha value is -1.81. The molecule has 0 unspecified atom stereocenters. The van der Waals surface area contributed by atoms with Crippen LogP contribution >= 0.6 is 0 Å². The average Bonchev–Trinajstić information content (AvgIpc) is 2.85. The van der Waals surface area contributed by atoms with Gasteiger partial charge in [-0.2, -0.15) is 0 Å². The smallest absolute Gasteiger partial charge is 0.154 e. The van der Waals surface area contributed by atoms with Gasteiger partial charge in [-0.15, -0.1) is 0 Å². The molecule has 2 aromatic rings. The van der Waals surface area contributed by atoms with Crippen LogP contribution in [0.2, 0.25) is 0 Å². The van der Waals surface area contributed by atoms with Crippen LogP contribution in [0.5, 0.6) is 0 Å². The third-order valence-corrected chi connectivity index (χ3v) is 3.93. The van der Waals surface area contributed by atoms with Gasteiger partial charge in [-0.3, -0.25) is 4.79 Å². The SMILES string of the molecule is CN(c1[nH]c2ccccc2c1C=O)C1CCOCC1. The fraction of sp³-hybridized carbons (Fsp3) is 0.400. The van der Waals surface area contributed by atoms with Crippen LogP contribution in [0.1, 0.15) is 23.2 Å². The molecule has 19 heavy (non-hydrogen) atoms. The molecule has 4 nitrogen and oxygen atoms in total. The molecule has 1 N–H and O–H groups in total. The zero-order chi connectivity index (χ0) is 13.2. The summed E-state index contributed by atoms with van der Waals surface area (Å²) in [5, 5.41) is 0.992. The number of ether oxygens (including phenoxy) is 1. The van der Waals surface area contributed by atoms with E-state index in [2.05, 4.69) is 9.88 Å². The zero-order valence-corrected chi connectivity index (χ0v) is 11.1. The van der Waals surface area contributed by atoms with Crippen molar-refractivity contribution in [2.45, 2.75) is 18.9 Å². The van der Waals surface area contributed by atoms with Gasteiger partial charge in [0.15, 0.2) is 6.29 Å². The molecule has 1 fully saturated rings. The number of nitrogens with zero attached hydrogens (tertiary/aromatic N) is 1. The molecule has 0 atom stereocenters. The van der Waals surface area contributed by atoms with Crippen molar-refractivity contribution in [2.24, 2.45) is 0 Å². The first kappa shape index (κ1) is 12.2. The number of nitrogens with one attached hydrogen (secondary N) is 1. The number of aromatic nitrogens is 1. The highest BCUT2D eigenvalue weighted by molar-refractivity contribution is 6.03. The minimum absolute atomic E-state index is 0.431. The Labute approximate surface area is 112 Å². The molecule has 2 heterocycles. The zero-order valence-electron chi connectivity index (χ0n) is 11.1. The maximum absolute atomic E-state index is 11.4. The number of carbonyl (C=O) groups excluding carboxylic acids is 1. The lowest BCUT2D eigenvalue weighted by atomic mass is 10.1. The Morgan fingerprint density at radius 1 is 1.32 bits per heavy atom. The molecule has 4 heteroatoms. The molecule has 0 saturated carbocycles. The van der Waals surface area contributed by atoms with Crippen LogP contribution in [0, 0.1) is 0 Å². The van der Waals surface area contributed by atoms with E-state index in [0.29, 0.717) is 6.04 Å². The normalized spacial score (nSPS) is 16.7. The van der Waals surface area contributed by atoms with Crippen molar-refractivity contribution in [2.75, 3.05) is 25.2 Å². The molecular weight excluding hydrogens is 240 g/mol. The Morgan fingerprint density at radius 3 is 2.79 bits per heavy atom. The van der Waals surface area contributed by atoms with Gasteiger partial charge >= 0.3 is 0 Å². The number of aromatic amines is 1. The fourth-order valence-electron chi connectivity index (χ4n) is 2.80. The molecule has 0 bridgehead atoms. The van der Waals surface area contributed by atoms with E-state index in [0.717, 1.165) is 54.6 Å². The van der Waals surface area contributed by atoms with Crippen molar-refractivity contribution in [3.05, 3.63) is 29.8 Å². The number of H-pyrrole nitrogens is 1. The number of carbonyl (C=O) groups is 1. The summed E-state index contributed by atoms with van der Waals surface area (Å²) in [6.45, 7) is 1.59. The minimum atomic E-state index is 0.431.